The molecule has 8 heteroatoms. The van der Waals surface area contributed by atoms with Crippen LogP contribution in [0.25, 0.3) is 0 Å². The molecule has 7 nitrogen and oxygen atoms in total. The zero-order valence-electron chi connectivity index (χ0n) is 14.5. The highest BCUT2D eigenvalue weighted by Crippen LogP contribution is 2.24. The molecule has 2 aromatic rings. The van der Waals surface area contributed by atoms with Gasteiger partial charge in [0.15, 0.2) is 5.13 Å². The van der Waals surface area contributed by atoms with Gasteiger partial charge in [-0.3, -0.25) is 10.1 Å². The maximum Gasteiger partial charge on any atom is 0.257 e. The first-order chi connectivity index (χ1) is 12.8. The maximum absolute atomic E-state index is 12.5. The number of nitrogens with one attached hydrogen (secondary N) is 1. The van der Waals surface area contributed by atoms with Gasteiger partial charge in [-0.25, -0.2) is 4.98 Å². The van der Waals surface area contributed by atoms with Gasteiger partial charge in [-0.2, -0.15) is 0 Å². The molecular weight excluding hydrogens is 352 g/mol. The molecule has 1 N–H and O–H groups in total. The molecule has 0 radical (unpaired) electrons. The molecule has 1 amide bonds. The highest BCUT2D eigenvalue weighted by molar-refractivity contribution is 7.14. The maximum atomic E-state index is 12.5. The molecule has 0 bridgehead atoms. The van der Waals surface area contributed by atoms with E-state index >= 15 is 0 Å². The van der Waals surface area contributed by atoms with Gasteiger partial charge in [-0.05, 0) is 24.3 Å². The number of hydrogen-bond donors (Lipinski definition) is 1. The van der Waals surface area contributed by atoms with Crippen molar-refractivity contribution < 1.29 is 14.3 Å². The lowest BCUT2D eigenvalue weighted by Crippen LogP contribution is -2.36. The van der Waals surface area contributed by atoms with Crippen molar-refractivity contribution >= 4 is 33.9 Å². The molecule has 0 unspecified atom stereocenters. The Bertz CT molecular complexity index is 737. The van der Waals surface area contributed by atoms with E-state index in [9.17, 15) is 4.79 Å². The molecule has 0 atom stereocenters. The molecule has 0 saturated carbocycles. The van der Waals surface area contributed by atoms with Crippen molar-refractivity contribution in [1.82, 2.24) is 4.98 Å². The Labute approximate surface area is 156 Å². The number of ether oxygens (including phenoxy) is 2. The summed E-state index contributed by atoms with van der Waals surface area (Å²) in [6.07, 6.45) is 0. The Morgan fingerprint density at radius 1 is 0.962 bits per heavy atom. The Kier molecular flexibility index (Phi) is 5.33. The van der Waals surface area contributed by atoms with E-state index in [2.05, 4.69) is 20.1 Å². The first kappa shape index (κ1) is 17.3. The number of benzene rings is 1. The SMILES string of the molecule is O=C(Nc1nc(N2CCOCC2)cs1)c1ccc(N2CCOCC2)cc1. The number of hydrogen-bond acceptors (Lipinski definition) is 7. The van der Waals surface area contributed by atoms with Crippen molar-refractivity contribution in [2.45, 2.75) is 0 Å². The van der Waals surface area contributed by atoms with E-state index in [1.807, 2.05) is 29.6 Å². The van der Waals surface area contributed by atoms with Crippen molar-refractivity contribution in [3.63, 3.8) is 0 Å². The molecule has 2 saturated heterocycles. The highest BCUT2D eigenvalue weighted by Gasteiger charge is 2.16. The summed E-state index contributed by atoms with van der Waals surface area (Å²) >= 11 is 1.44. The zero-order valence-corrected chi connectivity index (χ0v) is 15.3. The van der Waals surface area contributed by atoms with Crippen molar-refractivity contribution in [3.8, 4) is 0 Å². The monoisotopic (exact) mass is 374 g/mol. The predicted octanol–water partition coefficient (Wildman–Crippen LogP) is 2.07. The first-order valence-corrected chi connectivity index (χ1v) is 9.70. The molecule has 0 spiro atoms. The van der Waals surface area contributed by atoms with E-state index in [0.717, 1.165) is 50.9 Å². The van der Waals surface area contributed by atoms with Crippen LogP contribution in [0.15, 0.2) is 29.6 Å². The van der Waals surface area contributed by atoms with Crippen LogP contribution in [0.5, 0.6) is 0 Å². The van der Waals surface area contributed by atoms with Gasteiger partial charge in [0.1, 0.15) is 5.82 Å². The normalized spacial score (nSPS) is 18.0. The van der Waals surface area contributed by atoms with Gasteiger partial charge in [0.2, 0.25) is 0 Å². The number of rotatable bonds is 4. The van der Waals surface area contributed by atoms with Gasteiger partial charge in [-0.1, -0.05) is 0 Å². The third-order valence-corrected chi connectivity index (χ3v) is 5.30. The first-order valence-electron chi connectivity index (χ1n) is 8.82. The molecule has 1 aromatic carbocycles. The minimum Gasteiger partial charge on any atom is -0.378 e. The van der Waals surface area contributed by atoms with E-state index in [1.165, 1.54) is 11.3 Å². The minimum atomic E-state index is -0.138. The van der Waals surface area contributed by atoms with Crippen LogP contribution >= 0.6 is 11.3 Å². The van der Waals surface area contributed by atoms with Crippen molar-refractivity contribution in [2.75, 3.05) is 67.7 Å². The van der Waals surface area contributed by atoms with Crippen LogP contribution in [0.1, 0.15) is 10.4 Å². The number of anilines is 3. The summed E-state index contributed by atoms with van der Waals surface area (Å²) in [5.41, 5.74) is 1.75. The summed E-state index contributed by atoms with van der Waals surface area (Å²) in [6.45, 7) is 6.36. The van der Waals surface area contributed by atoms with Gasteiger partial charge in [0.25, 0.3) is 5.91 Å². The van der Waals surface area contributed by atoms with E-state index in [1.54, 1.807) is 0 Å². The molecule has 0 aliphatic carbocycles. The van der Waals surface area contributed by atoms with Gasteiger partial charge >= 0.3 is 0 Å². The van der Waals surface area contributed by atoms with E-state index in [0.29, 0.717) is 23.9 Å². The number of amides is 1. The Morgan fingerprint density at radius 3 is 2.23 bits per heavy atom. The fourth-order valence-corrected chi connectivity index (χ4v) is 3.79. The number of thiazole rings is 1. The molecule has 2 fully saturated rings. The average Bonchev–Trinajstić information content (AvgIpc) is 3.18. The Morgan fingerprint density at radius 2 is 1.58 bits per heavy atom. The molecule has 26 heavy (non-hydrogen) atoms. The number of carbonyl (C=O) groups excluding carboxylic acids is 1. The summed E-state index contributed by atoms with van der Waals surface area (Å²) < 4.78 is 10.7. The van der Waals surface area contributed by atoms with Crippen LogP contribution in [-0.4, -0.2) is 63.5 Å². The molecule has 3 heterocycles. The number of nitrogens with zero attached hydrogens (tertiary/aromatic N) is 3. The van der Waals surface area contributed by atoms with Crippen LogP contribution in [0.3, 0.4) is 0 Å². The fraction of sp³-hybridized carbons (Fsp3) is 0.444. The second kappa shape index (κ2) is 8.03. The van der Waals surface area contributed by atoms with Crippen LogP contribution in [0, 0.1) is 0 Å². The number of carbonyl (C=O) groups is 1. The second-order valence-corrected chi connectivity index (χ2v) is 7.07. The predicted molar refractivity (Wildman–Crippen MR) is 103 cm³/mol. The van der Waals surface area contributed by atoms with Gasteiger partial charge in [-0.15, -0.1) is 11.3 Å². The number of aromatic nitrogens is 1. The lowest BCUT2D eigenvalue weighted by atomic mass is 10.2. The summed E-state index contributed by atoms with van der Waals surface area (Å²) in [5.74, 6) is 0.762. The minimum absolute atomic E-state index is 0.138. The van der Waals surface area contributed by atoms with Crippen LogP contribution in [-0.2, 0) is 9.47 Å². The van der Waals surface area contributed by atoms with Crippen molar-refractivity contribution in [3.05, 3.63) is 35.2 Å². The summed E-state index contributed by atoms with van der Waals surface area (Å²) in [5, 5.41) is 5.49. The smallest absolute Gasteiger partial charge is 0.257 e. The molecule has 2 aliphatic rings. The van der Waals surface area contributed by atoms with Crippen molar-refractivity contribution in [1.29, 1.82) is 0 Å². The van der Waals surface area contributed by atoms with Gasteiger partial charge < -0.3 is 19.3 Å². The highest BCUT2D eigenvalue weighted by atomic mass is 32.1. The summed E-state index contributed by atoms with van der Waals surface area (Å²) in [6, 6.07) is 7.69. The van der Waals surface area contributed by atoms with Crippen molar-refractivity contribution in [2.24, 2.45) is 0 Å². The Hall–Kier alpha value is -2.16. The molecule has 138 valence electrons. The lowest BCUT2D eigenvalue weighted by Gasteiger charge is -2.28. The standard InChI is InChI=1S/C18H22N4O3S/c23-17(14-1-3-15(4-2-14)21-5-9-24-10-6-21)20-18-19-16(13-26-18)22-7-11-25-12-8-22/h1-4,13H,5-12H2,(H,19,20,23). The second-order valence-electron chi connectivity index (χ2n) is 6.21. The largest absolute Gasteiger partial charge is 0.378 e. The topological polar surface area (TPSA) is 66.9 Å². The number of morpholine rings is 2. The average molecular weight is 374 g/mol. The van der Waals surface area contributed by atoms with Gasteiger partial charge in [0, 0.05) is 42.8 Å². The fourth-order valence-electron chi connectivity index (χ4n) is 3.07. The zero-order chi connectivity index (χ0) is 17.8. The quantitative estimate of drug-likeness (QED) is 0.884. The lowest BCUT2D eigenvalue weighted by molar-refractivity contribution is 0.102. The Balaban J connectivity index is 1.37. The third kappa shape index (κ3) is 3.98. The third-order valence-electron chi connectivity index (χ3n) is 4.55. The van der Waals surface area contributed by atoms with E-state index in [4.69, 9.17) is 9.47 Å². The summed E-state index contributed by atoms with van der Waals surface area (Å²) in [4.78, 5) is 21.4. The van der Waals surface area contributed by atoms with E-state index in [-0.39, 0.29) is 5.91 Å². The van der Waals surface area contributed by atoms with Crippen LogP contribution in [0.2, 0.25) is 0 Å². The molecule has 4 rings (SSSR count). The molecular formula is C18H22N4O3S. The summed E-state index contributed by atoms with van der Waals surface area (Å²) in [7, 11) is 0. The van der Waals surface area contributed by atoms with Crippen LogP contribution in [0.4, 0.5) is 16.6 Å². The molecule has 1 aromatic heterocycles. The van der Waals surface area contributed by atoms with Gasteiger partial charge in [0.05, 0.1) is 26.4 Å². The molecule has 2 aliphatic heterocycles. The van der Waals surface area contributed by atoms with E-state index < -0.39 is 0 Å². The van der Waals surface area contributed by atoms with Crippen LogP contribution < -0.4 is 15.1 Å².